The van der Waals surface area contributed by atoms with E-state index in [0.717, 1.165) is 16.4 Å². The number of thiazole rings is 1. The molecule has 0 unspecified atom stereocenters. The molecule has 0 fully saturated rings. The Hall–Kier alpha value is -2.47. The second-order valence-corrected chi connectivity index (χ2v) is 5.80. The smallest absolute Gasteiger partial charge is 0.248 e. The molecule has 6 heteroatoms. The maximum Gasteiger partial charge on any atom is 0.248 e. The normalized spacial score (nSPS) is 10.7. The topological polar surface area (TPSA) is 62.3 Å². The van der Waals surface area contributed by atoms with Crippen LogP contribution in [0, 0.1) is 6.92 Å². The van der Waals surface area contributed by atoms with Gasteiger partial charge in [-0.3, -0.25) is 9.59 Å². The number of aromatic nitrogens is 1. The number of amides is 2. The summed E-state index contributed by atoms with van der Waals surface area (Å²) in [5.41, 5.74) is 2.22. The van der Waals surface area contributed by atoms with Crippen LogP contribution in [-0.4, -0.2) is 23.8 Å². The average Bonchev–Trinajstić information content (AvgIpc) is 2.91. The predicted molar refractivity (Wildman–Crippen MR) is 90.0 cm³/mol. The van der Waals surface area contributed by atoms with E-state index in [-0.39, 0.29) is 11.8 Å². The SMILES string of the molecule is CC(=O)N(C)c1ccc(NC(=O)/C=C\c2csc(C)n2)cc1. The van der Waals surface area contributed by atoms with Crippen molar-refractivity contribution in [2.45, 2.75) is 13.8 Å². The van der Waals surface area contributed by atoms with Gasteiger partial charge in [-0.2, -0.15) is 0 Å². The van der Waals surface area contributed by atoms with Crippen molar-refractivity contribution in [1.82, 2.24) is 4.98 Å². The van der Waals surface area contributed by atoms with Crippen LogP contribution >= 0.6 is 11.3 Å². The van der Waals surface area contributed by atoms with Gasteiger partial charge in [-0.15, -0.1) is 11.3 Å². The Labute approximate surface area is 133 Å². The van der Waals surface area contributed by atoms with Gasteiger partial charge in [0, 0.05) is 36.8 Å². The maximum atomic E-state index is 11.8. The molecule has 1 aromatic carbocycles. The largest absolute Gasteiger partial charge is 0.323 e. The second-order valence-electron chi connectivity index (χ2n) is 4.74. The average molecular weight is 315 g/mol. The lowest BCUT2D eigenvalue weighted by Gasteiger charge is -2.15. The Kier molecular flexibility index (Phi) is 5.06. The zero-order chi connectivity index (χ0) is 16.1. The fourth-order valence-electron chi connectivity index (χ4n) is 1.75. The van der Waals surface area contributed by atoms with Gasteiger partial charge in [-0.25, -0.2) is 4.98 Å². The summed E-state index contributed by atoms with van der Waals surface area (Å²) in [6.45, 7) is 3.42. The van der Waals surface area contributed by atoms with Gasteiger partial charge < -0.3 is 10.2 Å². The molecule has 0 spiro atoms. The predicted octanol–water partition coefficient (Wildman–Crippen LogP) is 3.09. The van der Waals surface area contributed by atoms with Crippen molar-refractivity contribution < 1.29 is 9.59 Å². The van der Waals surface area contributed by atoms with Gasteiger partial charge in [0.25, 0.3) is 0 Å². The first-order valence-corrected chi connectivity index (χ1v) is 7.59. The molecule has 0 saturated carbocycles. The zero-order valence-electron chi connectivity index (χ0n) is 12.7. The fourth-order valence-corrected chi connectivity index (χ4v) is 2.33. The summed E-state index contributed by atoms with van der Waals surface area (Å²) in [5, 5.41) is 5.62. The van der Waals surface area contributed by atoms with Gasteiger partial charge in [0.05, 0.1) is 10.7 Å². The highest BCUT2D eigenvalue weighted by Gasteiger charge is 2.05. The zero-order valence-corrected chi connectivity index (χ0v) is 13.5. The Morgan fingerprint density at radius 1 is 1.27 bits per heavy atom. The van der Waals surface area contributed by atoms with Crippen molar-refractivity contribution in [3.63, 3.8) is 0 Å². The standard InChI is InChI=1S/C16H17N3O2S/c1-11-17-14(10-22-11)6-9-16(21)18-13-4-7-15(8-5-13)19(3)12(2)20/h4-10H,1-3H3,(H,18,21)/b9-6-. The van der Waals surface area contributed by atoms with Gasteiger partial charge in [0.2, 0.25) is 11.8 Å². The lowest BCUT2D eigenvalue weighted by molar-refractivity contribution is -0.116. The number of anilines is 2. The van der Waals surface area contributed by atoms with Gasteiger partial charge in [0.1, 0.15) is 0 Å². The number of hydrogen-bond acceptors (Lipinski definition) is 4. The Bertz CT molecular complexity index is 704. The van der Waals surface area contributed by atoms with Crippen LogP contribution in [0.3, 0.4) is 0 Å². The lowest BCUT2D eigenvalue weighted by Crippen LogP contribution is -2.22. The van der Waals surface area contributed by atoms with Crippen molar-refractivity contribution in [1.29, 1.82) is 0 Å². The van der Waals surface area contributed by atoms with Crippen LogP contribution in [-0.2, 0) is 9.59 Å². The van der Waals surface area contributed by atoms with Gasteiger partial charge >= 0.3 is 0 Å². The minimum absolute atomic E-state index is 0.0433. The van der Waals surface area contributed by atoms with Crippen molar-refractivity contribution >= 4 is 40.6 Å². The van der Waals surface area contributed by atoms with Crippen LogP contribution in [0.4, 0.5) is 11.4 Å². The second kappa shape index (κ2) is 7.00. The van der Waals surface area contributed by atoms with E-state index in [4.69, 9.17) is 0 Å². The summed E-state index contributed by atoms with van der Waals surface area (Å²) < 4.78 is 0. The number of hydrogen-bond donors (Lipinski definition) is 1. The van der Waals surface area contributed by atoms with E-state index in [2.05, 4.69) is 10.3 Å². The highest BCUT2D eigenvalue weighted by molar-refractivity contribution is 7.09. The van der Waals surface area contributed by atoms with E-state index < -0.39 is 0 Å². The van der Waals surface area contributed by atoms with Crippen LogP contribution in [0.1, 0.15) is 17.6 Å². The summed E-state index contributed by atoms with van der Waals surface area (Å²) in [6, 6.07) is 7.08. The fraction of sp³-hybridized carbons (Fsp3) is 0.188. The Balaban J connectivity index is 1.97. The molecule has 0 aliphatic carbocycles. The molecule has 1 aromatic heterocycles. The van der Waals surface area contributed by atoms with Gasteiger partial charge in [-0.1, -0.05) is 0 Å². The molecule has 2 aromatic rings. The maximum absolute atomic E-state index is 11.8. The van der Waals surface area contributed by atoms with E-state index >= 15 is 0 Å². The molecule has 1 heterocycles. The molecule has 0 atom stereocenters. The summed E-state index contributed by atoms with van der Waals surface area (Å²) in [6.07, 6.45) is 3.13. The van der Waals surface area contributed by atoms with E-state index in [1.165, 1.54) is 17.9 Å². The molecule has 0 saturated heterocycles. The minimum Gasteiger partial charge on any atom is -0.323 e. The first-order chi connectivity index (χ1) is 10.5. The van der Waals surface area contributed by atoms with E-state index in [1.807, 2.05) is 12.3 Å². The van der Waals surface area contributed by atoms with Crippen molar-refractivity contribution in [2.75, 3.05) is 17.3 Å². The number of nitrogens with zero attached hydrogens (tertiary/aromatic N) is 2. The minimum atomic E-state index is -0.224. The molecule has 22 heavy (non-hydrogen) atoms. The molecule has 0 bridgehead atoms. The number of aryl methyl sites for hydroxylation is 1. The summed E-state index contributed by atoms with van der Waals surface area (Å²) >= 11 is 1.54. The number of benzene rings is 1. The Morgan fingerprint density at radius 2 is 1.95 bits per heavy atom. The molecule has 114 valence electrons. The van der Waals surface area contributed by atoms with E-state index in [0.29, 0.717) is 5.69 Å². The number of carbonyl (C=O) groups excluding carboxylic acids is 2. The first-order valence-electron chi connectivity index (χ1n) is 6.71. The number of rotatable bonds is 4. The molecule has 0 aliphatic heterocycles. The molecule has 0 aliphatic rings. The summed E-state index contributed by atoms with van der Waals surface area (Å²) in [5.74, 6) is -0.267. The van der Waals surface area contributed by atoms with Crippen LogP contribution in [0.15, 0.2) is 35.7 Å². The van der Waals surface area contributed by atoms with Crippen LogP contribution in [0.5, 0.6) is 0 Å². The number of carbonyl (C=O) groups is 2. The monoisotopic (exact) mass is 315 g/mol. The van der Waals surface area contributed by atoms with Crippen molar-refractivity contribution in [3.05, 3.63) is 46.4 Å². The molecule has 2 rings (SSSR count). The summed E-state index contributed by atoms with van der Waals surface area (Å²) in [7, 11) is 1.70. The molecule has 1 N–H and O–H groups in total. The molecular weight excluding hydrogens is 298 g/mol. The molecule has 5 nitrogen and oxygen atoms in total. The third-order valence-electron chi connectivity index (χ3n) is 3.04. The van der Waals surface area contributed by atoms with E-state index in [1.54, 1.807) is 48.7 Å². The Morgan fingerprint density at radius 3 is 2.50 bits per heavy atom. The highest BCUT2D eigenvalue weighted by atomic mass is 32.1. The van der Waals surface area contributed by atoms with Crippen molar-refractivity contribution in [3.8, 4) is 0 Å². The summed E-state index contributed by atoms with van der Waals surface area (Å²) in [4.78, 5) is 28.9. The lowest BCUT2D eigenvalue weighted by atomic mass is 10.2. The molecule has 0 radical (unpaired) electrons. The van der Waals surface area contributed by atoms with Crippen LogP contribution < -0.4 is 10.2 Å². The van der Waals surface area contributed by atoms with Crippen LogP contribution in [0.2, 0.25) is 0 Å². The van der Waals surface area contributed by atoms with Gasteiger partial charge in [-0.05, 0) is 37.3 Å². The van der Waals surface area contributed by atoms with Crippen LogP contribution in [0.25, 0.3) is 6.08 Å². The molecule has 2 amide bonds. The number of nitrogens with one attached hydrogen (secondary N) is 1. The van der Waals surface area contributed by atoms with Gasteiger partial charge in [0.15, 0.2) is 0 Å². The third kappa shape index (κ3) is 4.26. The quantitative estimate of drug-likeness (QED) is 0.882. The molecular formula is C16H17N3O2S. The highest BCUT2D eigenvalue weighted by Crippen LogP contribution is 2.17. The third-order valence-corrected chi connectivity index (χ3v) is 3.83. The van der Waals surface area contributed by atoms with Crippen molar-refractivity contribution in [2.24, 2.45) is 0 Å². The first kappa shape index (κ1) is 15.9. The van der Waals surface area contributed by atoms with E-state index in [9.17, 15) is 9.59 Å².